The van der Waals surface area contributed by atoms with Gasteiger partial charge in [0.2, 0.25) is 0 Å². The van der Waals surface area contributed by atoms with Gasteiger partial charge in [-0.05, 0) is 25.7 Å². The van der Waals surface area contributed by atoms with Gasteiger partial charge >= 0.3 is 0 Å². The highest BCUT2D eigenvalue weighted by atomic mass is 14.9. The van der Waals surface area contributed by atoms with Crippen LogP contribution in [0.15, 0.2) is 4.99 Å². The largest absolute Gasteiger partial charge is 0.387 e. The Morgan fingerprint density at radius 1 is 0.750 bits per heavy atom. The van der Waals surface area contributed by atoms with Crippen molar-refractivity contribution in [3.8, 4) is 0 Å². The molecule has 2 heteroatoms. The van der Waals surface area contributed by atoms with Gasteiger partial charge in [-0.25, -0.2) is 0 Å². The summed E-state index contributed by atoms with van der Waals surface area (Å²) in [6, 6.07) is 0.546. The fourth-order valence-corrected chi connectivity index (χ4v) is 3.10. The highest BCUT2D eigenvalue weighted by Crippen LogP contribution is 2.25. The van der Waals surface area contributed by atoms with Gasteiger partial charge in [-0.15, -0.1) is 0 Å². The molecule has 0 atom stereocenters. The monoisotopic (exact) mass is 222 g/mol. The SMILES string of the molecule is NC(=NC1CCCCCC1)C1CCCCC1. The van der Waals surface area contributed by atoms with Gasteiger partial charge < -0.3 is 5.73 Å². The maximum Gasteiger partial charge on any atom is 0.0971 e. The summed E-state index contributed by atoms with van der Waals surface area (Å²) in [4.78, 5) is 4.81. The van der Waals surface area contributed by atoms with Gasteiger partial charge in [0.05, 0.1) is 11.9 Å². The van der Waals surface area contributed by atoms with Gasteiger partial charge in [0.25, 0.3) is 0 Å². The van der Waals surface area contributed by atoms with Crippen LogP contribution in [0, 0.1) is 5.92 Å². The van der Waals surface area contributed by atoms with Crippen molar-refractivity contribution in [1.29, 1.82) is 0 Å². The van der Waals surface area contributed by atoms with Crippen LogP contribution in [-0.4, -0.2) is 11.9 Å². The van der Waals surface area contributed by atoms with E-state index < -0.39 is 0 Å². The van der Waals surface area contributed by atoms with Crippen LogP contribution in [0.25, 0.3) is 0 Å². The molecule has 0 bridgehead atoms. The second-order valence-electron chi connectivity index (χ2n) is 5.53. The maximum absolute atomic E-state index is 6.18. The van der Waals surface area contributed by atoms with Crippen LogP contribution in [0.5, 0.6) is 0 Å². The third-order valence-corrected chi connectivity index (χ3v) is 4.18. The molecule has 0 aliphatic heterocycles. The molecular weight excluding hydrogens is 196 g/mol. The summed E-state index contributed by atoms with van der Waals surface area (Å²) in [6.45, 7) is 0. The zero-order valence-corrected chi connectivity index (χ0v) is 10.5. The molecule has 2 fully saturated rings. The topological polar surface area (TPSA) is 38.4 Å². The molecule has 2 aliphatic rings. The Labute approximate surface area is 99.7 Å². The quantitative estimate of drug-likeness (QED) is 0.432. The van der Waals surface area contributed by atoms with Crippen LogP contribution in [0.1, 0.15) is 70.6 Å². The van der Waals surface area contributed by atoms with Crippen molar-refractivity contribution in [3.63, 3.8) is 0 Å². The predicted octanol–water partition coefficient (Wildman–Crippen LogP) is 3.65. The first-order chi connectivity index (χ1) is 7.86. The lowest BCUT2D eigenvalue weighted by molar-refractivity contribution is 0.433. The van der Waals surface area contributed by atoms with E-state index in [1.54, 1.807) is 0 Å². The molecule has 0 radical (unpaired) electrons. The van der Waals surface area contributed by atoms with Gasteiger partial charge in [-0.2, -0.15) is 0 Å². The average molecular weight is 222 g/mol. The highest BCUT2D eigenvalue weighted by molar-refractivity contribution is 5.83. The van der Waals surface area contributed by atoms with Gasteiger partial charge in [-0.3, -0.25) is 4.99 Å². The minimum Gasteiger partial charge on any atom is -0.387 e. The van der Waals surface area contributed by atoms with E-state index in [0.717, 1.165) is 5.84 Å². The highest BCUT2D eigenvalue weighted by Gasteiger charge is 2.18. The summed E-state index contributed by atoms with van der Waals surface area (Å²) < 4.78 is 0. The smallest absolute Gasteiger partial charge is 0.0971 e. The molecule has 92 valence electrons. The van der Waals surface area contributed by atoms with Crippen molar-refractivity contribution < 1.29 is 0 Å². The first-order valence-corrected chi connectivity index (χ1v) is 7.19. The number of nitrogens with two attached hydrogens (primary N) is 1. The minimum atomic E-state index is 0.546. The van der Waals surface area contributed by atoms with Crippen molar-refractivity contribution >= 4 is 5.84 Å². The fraction of sp³-hybridized carbons (Fsp3) is 0.929. The number of rotatable bonds is 2. The van der Waals surface area contributed by atoms with Crippen LogP contribution in [-0.2, 0) is 0 Å². The molecule has 2 saturated carbocycles. The Morgan fingerprint density at radius 2 is 1.25 bits per heavy atom. The Hall–Kier alpha value is -0.530. The van der Waals surface area contributed by atoms with Crippen LogP contribution < -0.4 is 5.73 Å². The molecule has 2 rings (SSSR count). The molecule has 0 spiro atoms. The van der Waals surface area contributed by atoms with E-state index >= 15 is 0 Å². The molecule has 2 nitrogen and oxygen atoms in total. The molecule has 0 aromatic carbocycles. The normalized spacial score (nSPS) is 26.6. The molecule has 0 amide bonds. The van der Waals surface area contributed by atoms with Crippen LogP contribution in [0.2, 0.25) is 0 Å². The Bertz CT molecular complexity index is 221. The summed E-state index contributed by atoms with van der Waals surface area (Å²) in [7, 11) is 0. The fourth-order valence-electron chi connectivity index (χ4n) is 3.10. The molecule has 16 heavy (non-hydrogen) atoms. The van der Waals surface area contributed by atoms with Gasteiger partial charge in [0.1, 0.15) is 0 Å². The van der Waals surface area contributed by atoms with E-state index in [2.05, 4.69) is 0 Å². The summed E-state index contributed by atoms with van der Waals surface area (Å²) in [5.41, 5.74) is 6.18. The molecular formula is C14H26N2. The van der Waals surface area contributed by atoms with Crippen LogP contribution in [0.4, 0.5) is 0 Å². The average Bonchev–Trinajstić information content (AvgIpc) is 2.59. The van der Waals surface area contributed by atoms with Crippen molar-refractivity contribution in [2.24, 2.45) is 16.6 Å². The molecule has 0 unspecified atom stereocenters. The van der Waals surface area contributed by atoms with E-state index in [0.29, 0.717) is 12.0 Å². The number of hydrogen-bond acceptors (Lipinski definition) is 1. The minimum absolute atomic E-state index is 0.546. The van der Waals surface area contributed by atoms with Crippen molar-refractivity contribution in [2.75, 3.05) is 0 Å². The Balaban J connectivity index is 1.87. The first kappa shape index (κ1) is 11.9. The molecule has 0 saturated heterocycles. The maximum atomic E-state index is 6.18. The first-order valence-electron chi connectivity index (χ1n) is 7.19. The summed E-state index contributed by atoms with van der Waals surface area (Å²) in [5, 5.41) is 0. The van der Waals surface area contributed by atoms with Crippen LogP contribution in [0.3, 0.4) is 0 Å². The van der Waals surface area contributed by atoms with Crippen molar-refractivity contribution in [1.82, 2.24) is 0 Å². The molecule has 0 aromatic heterocycles. The second kappa shape index (κ2) is 6.27. The van der Waals surface area contributed by atoms with E-state index in [9.17, 15) is 0 Å². The summed E-state index contributed by atoms with van der Waals surface area (Å²) in [6.07, 6.45) is 14.7. The zero-order valence-electron chi connectivity index (χ0n) is 10.5. The lowest BCUT2D eigenvalue weighted by Gasteiger charge is -2.22. The van der Waals surface area contributed by atoms with Gasteiger partial charge in [0.15, 0.2) is 0 Å². The summed E-state index contributed by atoms with van der Waals surface area (Å²) >= 11 is 0. The zero-order chi connectivity index (χ0) is 11.2. The van der Waals surface area contributed by atoms with Gasteiger partial charge in [-0.1, -0.05) is 44.9 Å². The number of hydrogen-bond donors (Lipinski definition) is 1. The number of aliphatic imine (C=N–C) groups is 1. The third kappa shape index (κ3) is 3.50. The van der Waals surface area contributed by atoms with Crippen LogP contribution >= 0.6 is 0 Å². The number of nitrogens with zero attached hydrogens (tertiary/aromatic N) is 1. The number of amidine groups is 1. The van der Waals surface area contributed by atoms with Crippen molar-refractivity contribution in [2.45, 2.75) is 76.7 Å². The molecule has 0 heterocycles. The molecule has 0 aromatic rings. The van der Waals surface area contributed by atoms with Gasteiger partial charge in [0, 0.05) is 5.92 Å². The molecule has 2 aliphatic carbocycles. The van der Waals surface area contributed by atoms with E-state index in [4.69, 9.17) is 10.7 Å². The van der Waals surface area contributed by atoms with E-state index in [1.807, 2.05) is 0 Å². The Morgan fingerprint density at radius 3 is 1.88 bits per heavy atom. The predicted molar refractivity (Wildman–Crippen MR) is 69.7 cm³/mol. The lowest BCUT2D eigenvalue weighted by Crippen LogP contribution is -2.27. The third-order valence-electron chi connectivity index (χ3n) is 4.18. The lowest BCUT2D eigenvalue weighted by atomic mass is 9.88. The summed E-state index contributed by atoms with van der Waals surface area (Å²) in [5.74, 6) is 1.59. The van der Waals surface area contributed by atoms with E-state index in [1.165, 1.54) is 70.6 Å². The molecule has 2 N–H and O–H groups in total. The van der Waals surface area contributed by atoms with Crippen molar-refractivity contribution in [3.05, 3.63) is 0 Å². The van der Waals surface area contributed by atoms with E-state index in [-0.39, 0.29) is 0 Å². The standard InChI is InChI=1S/C14H26N2/c15-14(12-8-4-3-5-9-12)16-13-10-6-1-2-7-11-13/h12-13H,1-11H2,(H2,15,16). The Kier molecular flexibility index (Phi) is 4.68. The second-order valence-corrected chi connectivity index (χ2v) is 5.53.